The van der Waals surface area contributed by atoms with E-state index >= 15 is 0 Å². The molecule has 5 heteroatoms. The molecule has 1 spiro atoms. The van der Waals surface area contributed by atoms with Gasteiger partial charge in [0, 0.05) is 28.8 Å². The van der Waals surface area contributed by atoms with Gasteiger partial charge in [-0.15, -0.1) is 0 Å². The van der Waals surface area contributed by atoms with Crippen molar-refractivity contribution in [2.24, 2.45) is 0 Å². The maximum atomic E-state index is 12.7. The summed E-state index contributed by atoms with van der Waals surface area (Å²) in [7, 11) is 0. The average molecular weight is 374 g/mol. The van der Waals surface area contributed by atoms with Crippen LogP contribution in [-0.2, 0) is 10.3 Å². The van der Waals surface area contributed by atoms with Crippen LogP contribution in [0.3, 0.4) is 0 Å². The van der Waals surface area contributed by atoms with E-state index in [9.17, 15) is 9.90 Å². The second-order valence-corrected chi connectivity index (χ2v) is 7.22. The predicted octanol–water partition coefficient (Wildman–Crippen LogP) is 4.75. The van der Waals surface area contributed by atoms with Crippen LogP contribution in [0, 0.1) is 0 Å². The molecule has 140 valence electrons. The number of fused-ring (bicyclic) bond motifs is 6. The van der Waals surface area contributed by atoms with Gasteiger partial charge in [-0.3, -0.25) is 0 Å². The third kappa shape index (κ3) is 2.22. The van der Waals surface area contributed by atoms with Crippen LogP contribution in [0.4, 0.5) is 0 Å². The van der Waals surface area contributed by atoms with Gasteiger partial charge in [-0.05, 0) is 44.2 Å². The van der Waals surface area contributed by atoms with Gasteiger partial charge in [-0.25, -0.2) is 4.79 Å². The number of carbonyl (C=O) groups is 1. The minimum Gasteiger partial charge on any atom is -0.508 e. The van der Waals surface area contributed by atoms with E-state index in [4.69, 9.17) is 14.2 Å². The third-order valence-corrected chi connectivity index (χ3v) is 5.04. The van der Waals surface area contributed by atoms with E-state index in [1.807, 2.05) is 44.2 Å². The van der Waals surface area contributed by atoms with Gasteiger partial charge >= 0.3 is 5.97 Å². The Kier molecular flexibility index (Phi) is 3.43. The Hall–Kier alpha value is -3.47. The fraction of sp³-hybridized carbons (Fsp3) is 0.174. The van der Waals surface area contributed by atoms with Crippen molar-refractivity contribution in [3.63, 3.8) is 0 Å². The molecule has 2 aliphatic heterocycles. The lowest BCUT2D eigenvalue weighted by Crippen LogP contribution is -2.33. The van der Waals surface area contributed by atoms with Crippen LogP contribution in [0.2, 0.25) is 0 Å². The molecule has 5 rings (SSSR count). The van der Waals surface area contributed by atoms with Crippen LogP contribution in [0.15, 0.2) is 60.7 Å². The molecule has 0 aromatic heterocycles. The molecular weight excluding hydrogens is 356 g/mol. The van der Waals surface area contributed by atoms with E-state index in [-0.39, 0.29) is 17.8 Å². The third-order valence-electron chi connectivity index (χ3n) is 5.04. The summed E-state index contributed by atoms with van der Waals surface area (Å²) in [4.78, 5) is 12.7. The fourth-order valence-electron chi connectivity index (χ4n) is 3.99. The summed E-state index contributed by atoms with van der Waals surface area (Å²) in [6.45, 7) is 3.90. The smallest absolute Gasteiger partial charge is 0.340 e. The van der Waals surface area contributed by atoms with E-state index < -0.39 is 5.60 Å². The van der Waals surface area contributed by atoms with Crippen LogP contribution in [0.5, 0.6) is 23.0 Å². The fourth-order valence-corrected chi connectivity index (χ4v) is 3.99. The van der Waals surface area contributed by atoms with Crippen molar-refractivity contribution < 1.29 is 24.1 Å². The highest BCUT2D eigenvalue weighted by atomic mass is 16.6. The molecule has 28 heavy (non-hydrogen) atoms. The Balaban J connectivity index is 1.80. The minimum absolute atomic E-state index is 0.0111. The summed E-state index contributed by atoms with van der Waals surface area (Å²) in [6, 6.07) is 17.7. The Labute approximate surface area is 162 Å². The molecular formula is C23H18O5. The molecule has 0 amide bonds. The first-order valence-corrected chi connectivity index (χ1v) is 9.14. The lowest BCUT2D eigenvalue weighted by atomic mass is 9.77. The average Bonchev–Trinajstić information content (AvgIpc) is 2.95. The SMILES string of the molecule is CC(C)Oc1ccc2c(c1)Oc1cc(O)ccc1C21OC(=O)c2ccccc21. The van der Waals surface area contributed by atoms with E-state index in [0.717, 1.165) is 11.1 Å². The Bertz CT molecular complexity index is 1120. The molecule has 0 saturated carbocycles. The number of aromatic hydroxyl groups is 1. The number of phenols is 1. The van der Waals surface area contributed by atoms with Crippen LogP contribution >= 0.6 is 0 Å². The first-order chi connectivity index (χ1) is 13.5. The number of hydrogen-bond donors (Lipinski definition) is 1. The number of esters is 1. The van der Waals surface area contributed by atoms with Gasteiger partial charge in [0.1, 0.15) is 23.0 Å². The van der Waals surface area contributed by atoms with Gasteiger partial charge in [0.15, 0.2) is 5.60 Å². The number of ether oxygens (including phenoxy) is 3. The van der Waals surface area contributed by atoms with Crippen LogP contribution < -0.4 is 9.47 Å². The normalized spacial score (nSPS) is 18.9. The lowest BCUT2D eigenvalue weighted by Gasteiger charge is -2.36. The van der Waals surface area contributed by atoms with Crippen molar-refractivity contribution in [2.75, 3.05) is 0 Å². The standard InChI is InChI=1S/C23H18O5/c1-13(2)26-15-8-10-19-21(12-15)27-20-11-14(24)7-9-18(20)23(19)17-6-4-3-5-16(17)22(25)28-23/h3-13,24H,1-2H3. The molecule has 0 aliphatic carbocycles. The summed E-state index contributed by atoms with van der Waals surface area (Å²) >= 11 is 0. The van der Waals surface area contributed by atoms with E-state index in [2.05, 4.69) is 0 Å². The maximum absolute atomic E-state index is 12.7. The summed E-state index contributed by atoms with van der Waals surface area (Å²) in [5, 5.41) is 9.98. The van der Waals surface area contributed by atoms with Crippen molar-refractivity contribution >= 4 is 5.97 Å². The minimum atomic E-state index is -1.12. The predicted molar refractivity (Wildman–Crippen MR) is 102 cm³/mol. The molecule has 3 aromatic rings. The summed E-state index contributed by atoms with van der Waals surface area (Å²) < 4.78 is 17.9. The van der Waals surface area contributed by atoms with Crippen LogP contribution in [-0.4, -0.2) is 17.2 Å². The molecule has 5 nitrogen and oxygen atoms in total. The highest BCUT2D eigenvalue weighted by Gasteiger charge is 2.53. The monoisotopic (exact) mass is 374 g/mol. The first-order valence-electron chi connectivity index (χ1n) is 9.14. The number of hydrogen-bond acceptors (Lipinski definition) is 5. The van der Waals surface area contributed by atoms with Crippen molar-refractivity contribution in [1.29, 1.82) is 0 Å². The van der Waals surface area contributed by atoms with Gasteiger partial charge in [0.25, 0.3) is 0 Å². The van der Waals surface area contributed by atoms with E-state index in [0.29, 0.717) is 28.4 Å². The van der Waals surface area contributed by atoms with Crippen LogP contribution in [0.1, 0.15) is 40.9 Å². The Morgan fingerprint density at radius 2 is 1.64 bits per heavy atom. The quantitative estimate of drug-likeness (QED) is 0.656. The highest BCUT2D eigenvalue weighted by Crippen LogP contribution is 2.56. The number of carbonyl (C=O) groups excluding carboxylic acids is 1. The molecule has 1 N–H and O–H groups in total. The zero-order chi connectivity index (χ0) is 19.5. The number of benzene rings is 3. The molecule has 3 aromatic carbocycles. The lowest BCUT2D eigenvalue weighted by molar-refractivity contribution is 0.0224. The molecule has 2 aliphatic rings. The van der Waals surface area contributed by atoms with Crippen molar-refractivity contribution in [1.82, 2.24) is 0 Å². The second kappa shape index (κ2) is 5.76. The van der Waals surface area contributed by atoms with Crippen molar-refractivity contribution in [3.05, 3.63) is 82.9 Å². The van der Waals surface area contributed by atoms with Crippen molar-refractivity contribution in [3.8, 4) is 23.0 Å². The Morgan fingerprint density at radius 1 is 0.929 bits per heavy atom. The molecule has 0 fully saturated rings. The van der Waals surface area contributed by atoms with E-state index in [1.165, 1.54) is 6.07 Å². The zero-order valence-electron chi connectivity index (χ0n) is 15.4. The van der Waals surface area contributed by atoms with Gasteiger partial charge in [0.05, 0.1) is 11.7 Å². The van der Waals surface area contributed by atoms with Gasteiger partial charge in [0.2, 0.25) is 0 Å². The Morgan fingerprint density at radius 3 is 2.43 bits per heavy atom. The number of rotatable bonds is 2. The van der Waals surface area contributed by atoms with E-state index in [1.54, 1.807) is 24.3 Å². The molecule has 0 bridgehead atoms. The highest BCUT2D eigenvalue weighted by molar-refractivity contribution is 5.97. The number of phenolic OH excluding ortho intramolecular Hbond substituents is 1. The summed E-state index contributed by atoms with van der Waals surface area (Å²) in [5.74, 6) is 1.32. The molecule has 2 heterocycles. The maximum Gasteiger partial charge on any atom is 0.340 e. The zero-order valence-corrected chi connectivity index (χ0v) is 15.4. The largest absolute Gasteiger partial charge is 0.508 e. The van der Waals surface area contributed by atoms with Gasteiger partial charge in [-0.2, -0.15) is 0 Å². The topological polar surface area (TPSA) is 65.0 Å². The summed E-state index contributed by atoms with van der Waals surface area (Å²) in [5.41, 5.74) is 1.56. The molecule has 1 atom stereocenters. The second-order valence-electron chi connectivity index (χ2n) is 7.22. The van der Waals surface area contributed by atoms with Crippen LogP contribution in [0.25, 0.3) is 0 Å². The molecule has 0 saturated heterocycles. The molecule has 1 unspecified atom stereocenters. The van der Waals surface area contributed by atoms with Crippen molar-refractivity contribution in [2.45, 2.75) is 25.6 Å². The summed E-state index contributed by atoms with van der Waals surface area (Å²) in [6.07, 6.45) is 0.0111. The van der Waals surface area contributed by atoms with Gasteiger partial charge < -0.3 is 19.3 Å². The first kappa shape index (κ1) is 16.7. The van der Waals surface area contributed by atoms with Gasteiger partial charge in [-0.1, -0.05) is 18.2 Å². The molecule has 0 radical (unpaired) electrons.